The lowest BCUT2D eigenvalue weighted by atomic mass is 10.2. The molecular formula is C19H15BrN2O3. The summed E-state index contributed by atoms with van der Waals surface area (Å²) in [7, 11) is 0. The zero-order valence-electron chi connectivity index (χ0n) is 13.2. The maximum absolute atomic E-state index is 13.2. The average Bonchev–Trinajstić information content (AvgIpc) is 3.36. The Morgan fingerprint density at radius 3 is 2.16 bits per heavy atom. The molecule has 1 amide bonds. The predicted octanol–water partition coefficient (Wildman–Crippen LogP) is 4.96. The van der Waals surface area contributed by atoms with Crippen molar-refractivity contribution in [3.63, 3.8) is 0 Å². The summed E-state index contributed by atoms with van der Waals surface area (Å²) in [4.78, 5) is 18.1. The van der Waals surface area contributed by atoms with Crippen molar-refractivity contribution in [3.05, 3.63) is 82.7 Å². The molecule has 0 saturated heterocycles. The van der Waals surface area contributed by atoms with Gasteiger partial charge in [0.1, 0.15) is 17.2 Å². The number of nitrogens with zero attached hydrogens (tertiary/aromatic N) is 1. The quantitative estimate of drug-likeness (QED) is 0.516. The number of benzene rings is 1. The summed E-state index contributed by atoms with van der Waals surface area (Å²) >= 11 is 3.55. The highest BCUT2D eigenvalue weighted by Crippen LogP contribution is 2.29. The number of fused-ring (bicyclic) bond motifs is 1. The molecule has 0 spiro atoms. The molecule has 5 nitrogen and oxygen atoms in total. The molecular weight excluding hydrogens is 384 g/mol. The fourth-order valence-corrected chi connectivity index (χ4v) is 3.41. The molecule has 0 fully saturated rings. The summed E-state index contributed by atoms with van der Waals surface area (Å²) in [5.41, 5.74) is 1.42. The Kier molecular flexibility index (Phi) is 4.19. The van der Waals surface area contributed by atoms with Crippen LogP contribution in [-0.4, -0.2) is 15.8 Å². The lowest BCUT2D eigenvalue weighted by Crippen LogP contribution is -2.30. The monoisotopic (exact) mass is 398 g/mol. The van der Waals surface area contributed by atoms with E-state index in [9.17, 15) is 4.79 Å². The van der Waals surface area contributed by atoms with E-state index in [2.05, 4.69) is 20.9 Å². The van der Waals surface area contributed by atoms with Gasteiger partial charge >= 0.3 is 0 Å². The molecule has 1 N–H and O–H groups in total. The zero-order chi connectivity index (χ0) is 17.2. The van der Waals surface area contributed by atoms with Gasteiger partial charge in [-0.3, -0.25) is 4.79 Å². The van der Waals surface area contributed by atoms with E-state index in [1.54, 1.807) is 17.4 Å². The fraction of sp³-hybridized carbons (Fsp3) is 0.105. The number of carbonyl (C=O) groups is 1. The lowest BCUT2D eigenvalue weighted by Gasteiger charge is -2.20. The molecule has 126 valence electrons. The Balaban J connectivity index is 1.69. The van der Waals surface area contributed by atoms with Crippen LogP contribution in [0.1, 0.15) is 22.0 Å². The molecule has 0 unspecified atom stereocenters. The second kappa shape index (κ2) is 6.64. The van der Waals surface area contributed by atoms with Crippen LogP contribution in [0.15, 0.2) is 74.4 Å². The summed E-state index contributed by atoms with van der Waals surface area (Å²) in [5, 5.41) is 0.974. The van der Waals surface area contributed by atoms with E-state index < -0.39 is 0 Å². The number of hydrogen-bond acceptors (Lipinski definition) is 3. The Labute approximate surface area is 152 Å². The highest BCUT2D eigenvalue weighted by Gasteiger charge is 2.23. The van der Waals surface area contributed by atoms with Crippen molar-refractivity contribution in [3.8, 4) is 0 Å². The molecule has 0 bridgehead atoms. The number of aromatic amines is 1. The molecule has 0 atom stereocenters. The van der Waals surface area contributed by atoms with Gasteiger partial charge in [0.25, 0.3) is 5.91 Å². The summed E-state index contributed by atoms with van der Waals surface area (Å²) in [5.74, 6) is 1.30. The van der Waals surface area contributed by atoms with Gasteiger partial charge in [0.15, 0.2) is 0 Å². The molecule has 0 aliphatic rings. The average molecular weight is 399 g/mol. The largest absolute Gasteiger partial charge is 0.467 e. The van der Waals surface area contributed by atoms with Crippen LogP contribution in [-0.2, 0) is 13.1 Å². The van der Waals surface area contributed by atoms with Crippen LogP contribution in [0.25, 0.3) is 10.9 Å². The van der Waals surface area contributed by atoms with Crippen LogP contribution in [0.4, 0.5) is 0 Å². The van der Waals surface area contributed by atoms with E-state index in [1.807, 2.05) is 48.5 Å². The van der Waals surface area contributed by atoms with Crippen molar-refractivity contribution in [2.75, 3.05) is 0 Å². The van der Waals surface area contributed by atoms with Crippen LogP contribution < -0.4 is 0 Å². The van der Waals surface area contributed by atoms with Crippen LogP contribution >= 0.6 is 15.9 Å². The first-order valence-electron chi connectivity index (χ1n) is 7.82. The normalized spacial score (nSPS) is 11.1. The number of carbonyl (C=O) groups excluding carboxylic acids is 1. The third-order valence-corrected chi connectivity index (χ3v) is 4.82. The second-order valence-corrected chi connectivity index (χ2v) is 6.47. The minimum Gasteiger partial charge on any atom is -0.467 e. The van der Waals surface area contributed by atoms with Crippen molar-refractivity contribution in [1.29, 1.82) is 0 Å². The molecule has 0 saturated carbocycles. The van der Waals surface area contributed by atoms with Gasteiger partial charge in [-0.05, 0) is 46.3 Å². The number of amides is 1. The van der Waals surface area contributed by atoms with Crippen molar-refractivity contribution in [2.24, 2.45) is 0 Å². The van der Waals surface area contributed by atoms with E-state index in [0.29, 0.717) is 30.3 Å². The topological polar surface area (TPSA) is 62.4 Å². The van der Waals surface area contributed by atoms with Gasteiger partial charge in [-0.2, -0.15) is 0 Å². The van der Waals surface area contributed by atoms with Crippen LogP contribution in [0.2, 0.25) is 0 Å². The molecule has 0 radical (unpaired) electrons. The third-order valence-electron chi connectivity index (χ3n) is 4.00. The molecule has 0 aliphatic heterocycles. The molecule has 1 aromatic carbocycles. The minimum absolute atomic E-state index is 0.129. The number of aromatic nitrogens is 1. The van der Waals surface area contributed by atoms with E-state index in [4.69, 9.17) is 8.83 Å². The van der Waals surface area contributed by atoms with Crippen molar-refractivity contribution in [2.45, 2.75) is 13.1 Å². The lowest BCUT2D eigenvalue weighted by molar-refractivity contribution is 0.0699. The number of rotatable bonds is 5. The van der Waals surface area contributed by atoms with E-state index >= 15 is 0 Å². The standard InChI is InChI=1S/C19H15BrN2O3/c20-17-15-7-1-2-8-16(15)21-18(17)19(23)22(11-13-5-3-9-24-13)12-14-6-4-10-25-14/h1-10,21H,11-12H2. The minimum atomic E-state index is -0.129. The summed E-state index contributed by atoms with van der Waals surface area (Å²) in [6.45, 7) is 0.711. The SMILES string of the molecule is O=C(c1[nH]c2ccccc2c1Br)N(Cc1ccco1)Cc1ccco1. The van der Waals surface area contributed by atoms with Gasteiger partial charge in [0.05, 0.1) is 30.1 Å². The Bertz CT molecular complexity index is 951. The van der Waals surface area contributed by atoms with Gasteiger partial charge in [-0.15, -0.1) is 0 Å². The zero-order valence-corrected chi connectivity index (χ0v) is 14.8. The number of furan rings is 2. The third kappa shape index (κ3) is 3.13. The van der Waals surface area contributed by atoms with E-state index in [-0.39, 0.29) is 5.91 Å². The Morgan fingerprint density at radius 2 is 1.60 bits per heavy atom. The number of hydrogen-bond donors (Lipinski definition) is 1. The number of halogens is 1. The summed E-state index contributed by atoms with van der Waals surface area (Å²) < 4.78 is 11.6. The van der Waals surface area contributed by atoms with Gasteiger partial charge in [-0.25, -0.2) is 0 Å². The molecule has 4 aromatic rings. The van der Waals surface area contributed by atoms with Crippen LogP contribution in [0.3, 0.4) is 0 Å². The van der Waals surface area contributed by atoms with Crippen LogP contribution in [0, 0.1) is 0 Å². The summed E-state index contributed by atoms with van der Waals surface area (Å²) in [6.07, 6.45) is 3.20. The molecule has 3 heterocycles. The molecule has 3 aromatic heterocycles. The number of nitrogens with one attached hydrogen (secondary N) is 1. The Hall–Kier alpha value is -2.73. The van der Waals surface area contributed by atoms with Gasteiger partial charge in [0.2, 0.25) is 0 Å². The first kappa shape index (κ1) is 15.8. The van der Waals surface area contributed by atoms with E-state index in [0.717, 1.165) is 15.4 Å². The van der Waals surface area contributed by atoms with Gasteiger partial charge in [0, 0.05) is 10.9 Å². The maximum atomic E-state index is 13.2. The van der Waals surface area contributed by atoms with Gasteiger partial charge in [-0.1, -0.05) is 18.2 Å². The first-order valence-corrected chi connectivity index (χ1v) is 8.62. The Morgan fingerprint density at radius 1 is 0.960 bits per heavy atom. The molecule has 4 rings (SSSR count). The molecule has 0 aliphatic carbocycles. The maximum Gasteiger partial charge on any atom is 0.272 e. The highest BCUT2D eigenvalue weighted by atomic mass is 79.9. The van der Waals surface area contributed by atoms with Gasteiger partial charge < -0.3 is 18.7 Å². The van der Waals surface area contributed by atoms with E-state index in [1.165, 1.54) is 0 Å². The predicted molar refractivity (Wildman–Crippen MR) is 97.0 cm³/mol. The highest BCUT2D eigenvalue weighted by molar-refractivity contribution is 9.10. The van der Waals surface area contributed by atoms with Crippen molar-refractivity contribution < 1.29 is 13.6 Å². The number of H-pyrrole nitrogens is 1. The summed E-state index contributed by atoms with van der Waals surface area (Å²) in [6, 6.07) is 15.1. The molecule has 6 heteroatoms. The second-order valence-electron chi connectivity index (χ2n) is 5.68. The number of para-hydroxylation sites is 1. The fourth-order valence-electron chi connectivity index (χ4n) is 2.79. The first-order chi connectivity index (χ1) is 12.2. The van der Waals surface area contributed by atoms with Crippen molar-refractivity contribution >= 4 is 32.7 Å². The molecule has 25 heavy (non-hydrogen) atoms. The smallest absolute Gasteiger partial charge is 0.272 e. The van der Waals surface area contributed by atoms with Crippen LogP contribution in [0.5, 0.6) is 0 Å². The van der Waals surface area contributed by atoms with Crippen molar-refractivity contribution in [1.82, 2.24) is 9.88 Å².